The zero-order chi connectivity index (χ0) is 14.5. The molecule has 0 aliphatic carbocycles. The Labute approximate surface area is 126 Å². The summed E-state index contributed by atoms with van der Waals surface area (Å²) in [5.41, 5.74) is 4.67. The molecule has 3 N–H and O–H groups in total. The zero-order valence-corrected chi connectivity index (χ0v) is 14.1. The van der Waals surface area contributed by atoms with Crippen LogP contribution in [-0.4, -0.2) is 6.04 Å². The van der Waals surface area contributed by atoms with E-state index in [1.807, 2.05) is 0 Å². The first-order valence-electron chi connectivity index (χ1n) is 7.01. The molecule has 1 rings (SSSR count). The van der Waals surface area contributed by atoms with Crippen LogP contribution in [0.2, 0.25) is 0 Å². The number of halogens is 1. The van der Waals surface area contributed by atoms with Gasteiger partial charge in [-0.2, -0.15) is 0 Å². The van der Waals surface area contributed by atoms with Crippen molar-refractivity contribution in [1.82, 2.24) is 5.43 Å². The van der Waals surface area contributed by atoms with Crippen LogP contribution in [0.1, 0.15) is 46.1 Å². The van der Waals surface area contributed by atoms with Crippen LogP contribution in [0.3, 0.4) is 0 Å². The van der Waals surface area contributed by atoms with Gasteiger partial charge in [0, 0.05) is 10.5 Å². The first kappa shape index (κ1) is 16.7. The normalized spacial score (nSPS) is 15.3. The molecule has 0 saturated heterocycles. The van der Waals surface area contributed by atoms with Crippen molar-refractivity contribution in [2.24, 2.45) is 17.2 Å². The van der Waals surface area contributed by atoms with Crippen molar-refractivity contribution >= 4 is 15.9 Å². The van der Waals surface area contributed by atoms with Crippen LogP contribution in [0.15, 0.2) is 28.7 Å². The number of nitrogens with one attached hydrogen (secondary N) is 1. The van der Waals surface area contributed by atoms with E-state index in [9.17, 15) is 0 Å². The van der Waals surface area contributed by atoms with Crippen molar-refractivity contribution in [3.05, 3.63) is 34.3 Å². The SMILES string of the molecule is CC(CC(Cc1cccc(Br)c1)NN)CC(C)(C)C. The van der Waals surface area contributed by atoms with Gasteiger partial charge in [0.05, 0.1) is 0 Å². The molecule has 1 aromatic rings. The lowest BCUT2D eigenvalue weighted by molar-refractivity contribution is 0.274. The highest BCUT2D eigenvalue weighted by atomic mass is 79.9. The Morgan fingerprint density at radius 2 is 2.00 bits per heavy atom. The Hall–Kier alpha value is -0.380. The first-order chi connectivity index (χ1) is 8.80. The number of rotatable bonds is 6. The number of nitrogens with two attached hydrogens (primary N) is 1. The predicted molar refractivity (Wildman–Crippen MR) is 86.8 cm³/mol. The Balaban J connectivity index is 2.54. The maximum atomic E-state index is 5.71. The van der Waals surface area contributed by atoms with Gasteiger partial charge in [0.2, 0.25) is 0 Å². The standard InChI is InChI=1S/C16H27BrN2/c1-12(11-16(2,3)4)8-15(19-18)10-13-6-5-7-14(17)9-13/h5-7,9,12,15,19H,8,10-11,18H2,1-4H3. The van der Waals surface area contributed by atoms with E-state index in [1.54, 1.807) is 0 Å². The summed E-state index contributed by atoms with van der Waals surface area (Å²) in [6, 6.07) is 8.79. The van der Waals surface area contributed by atoms with Gasteiger partial charge in [0.1, 0.15) is 0 Å². The van der Waals surface area contributed by atoms with Gasteiger partial charge in [-0.3, -0.25) is 11.3 Å². The summed E-state index contributed by atoms with van der Waals surface area (Å²) in [6.45, 7) is 9.20. The lowest BCUT2D eigenvalue weighted by atomic mass is 9.82. The van der Waals surface area contributed by atoms with Gasteiger partial charge in [-0.1, -0.05) is 55.8 Å². The molecule has 0 aliphatic heterocycles. The summed E-state index contributed by atoms with van der Waals surface area (Å²) in [5.74, 6) is 6.38. The van der Waals surface area contributed by atoms with Crippen LogP contribution in [0.25, 0.3) is 0 Å². The molecule has 3 heteroatoms. The van der Waals surface area contributed by atoms with E-state index in [-0.39, 0.29) is 0 Å². The summed E-state index contributed by atoms with van der Waals surface area (Å²) in [7, 11) is 0. The molecule has 0 spiro atoms. The Kier molecular flexibility index (Phi) is 6.51. The average Bonchev–Trinajstić information content (AvgIpc) is 2.25. The molecule has 108 valence electrons. The minimum atomic E-state index is 0.339. The zero-order valence-electron chi connectivity index (χ0n) is 12.5. The lowest BCUT2D eigenvalue weighted by Gasteiger charge is -2.26. The molecule has 0 radical (unpaired) electrons. The van der Waals surface area contributed by atoms with E-state index in [1.165, 1.54) is 12.0 Å². The summed E-state index contributed by atoms with van der Waals surface area (Å²) in [5, 5.41) is 0. The molecule has 2 unspecified atom stereocenters. The predicted octanol–water partition coefficient (Wildman–Crippen LogP) is 4.29. The fraction of sp³-hybridized carbons (Fsp3) is 0.625. The summed E-state index contributed by atoms with van der Waals surface area (Å²) in [6.07, 6.45) is 3.31. The van der Waals surface area contributed by atoms with Crippen LogP contribution in [0.5, 0.6) is 0 Å². The second-order valence-electron chi connectivity index (χ2n) is 6.80. The monoisotopic (exact) mass is 326 g/mol. The molecule has 0 aliphatic rings. The van der Waals surface area contributed by atoms with Gasteiger partial charge in [-0.15, -0.1) is 0 Å². The number of hydrogen-bond acceptors (Lipinski definition) is 2. The molecule has 19 heavy (non-hydrogen) atoms. The van der Waals surface area contributed by atoms with Gasteiger partial charge in [-0.05, 0) is 48.3 Å². The van der Waals surface area contributed by atoms with Gasteiger partial charge in [0.15, 0.2) is 0 Å². The van der Waals surface area contributed by atoms with Crippen LogP contribution in [0, 0.1) is 11.3 Å². The van der Waals surface area contributed by atoms with E-state index in [0.717, 1.165) is 17.3 Å². The quantitative estimate of drug-likeness (QED) is 0.604. The van der Waals surface area contributed by atoms with Crippen molar-refractivity contribution in [3.8, 4) is 0 Å². The molecule has 0 aromatic heterocycles. The van der Waals surface area contributed by atoms with Gasteiger partial charge in [-0.25, -0.2) is 0 Å². The van der Waals surface area contributed by atoms with E-state index < -0.39 is 0 Å². The Morgan fingerprint density at radius 1 is 1.32 bits per heavy atom. The molecule has 2 nitrogen and oxygen atoms in total. The van der Waals surface area contributed by atoms with E-state index in [2.05, 4.69) is 73.3 Å². The minimum Gasteiger partial charge on any atom is -0.271 e. The molecular weight excluding hydrogens is 300 g/mol. The molecule has 2 atom stereocenters. The molecule has 0 heterocycles. The highest BCUT2D eigenvalue weighted by molar-refractivity contribution is 9.10. The van der Waals surface area contributed by atoms with Crippen LogP contribution >= 0.6 is 15.9 Å². The molecular formula is C16H27BrN2. The number of benzene rings is 1. The third kappa shape index (κ3) is 7.09. The maximum Gasteiger partial charge on any atom is 0.0253 e. The van der Waals surface area contributed by atoms with Crippen LogP contribution in [0.4, 0.5) is 0 Å². The van der Waals surface area contributed by atoms with Gasteiger partial charge in [0.25, 0.3) is 0 Å². The second-order valence-corrected chi connectivity index (χ2v) is 7.72. The lowest BCUT2D eigenvalue weighted by Crippen LogP contribution is -2.38. The third-order valence-corrected chi connectivity index (χ3v) is 3.75. The van der Waals surface area contributed by atoms with E-state index in [4.69, 9.17) is 5.84 Å². The summed E-state index contributed by atoms with van der Waals surface area (Å²) in [4.78, 5) is 0. The Morgan fingerprint density at radius 3 is 2.53 bits per heavy atom. The average molecular weight is 327 g/mol. The van der Waals surface area contributed by atoms with Gasteiger partial charge >= 0.3 is 0 Å². The Bertz CT molecular complexity index is 385. The smallest absolute Gasteiger partial charge is 0.0253 e. The summed E-state index contributed by atoms with van der Waals surface area (Å²) < 4.78 is 1.13. The molecule has 0 amide bonds. The van der Waals surface area contributed by atoms with Crippen LogP contribution in [-0.2, 0) is 6.42 Å². The fourth-order valence-corrected chi connectivity index (χ4v) is 3.22. The summed E-state index contributed by atoms with van der Waals surface area (Å²) >= 11 is 3.51. The second kappa shape index (κ2) is 7.41. The van der Waals surface area contributed by atoms with E-state index in [0.29, 0.717) is 17.4 Å². The van der Waals surface area contributed by atoms with E-state index >= 15 is 0 Å². The molecule has 1 aromatic carbocycles. The van der Waals surface area contributed by atoms with Crippen molar-refractivity contribution < 1.29 is 0 Å². The minimum absolute atomic E-state index is 0.339. The maximum absolute atomic E-state index is 5.71. The highest BCUT2D eigenvalue weighted by Gasteiger charge is 2.18. The molecule has 0 fully saturated rings. The van der Waals surface area contributed by atoms with Crippen LogP contribution < -0.4 is 11.3 Å². The number of hydrazine groups is 1. The molecule has 0 bridgehead atoms. The van der Waals surface area contributed by atoms with Crippen molar-refractivity contribution in [2.45, 2.75) is 53.0 Å². The number of hydrogen-bond donors (Lipinski definition) is 2. The van der Waals surface area contributed by atoms with Crippen molar-refractivity contribution in [1.29, 1.82) is 0 Å². The topological polar surface area (TPSA) is 38.0 Å². The van der Waals surface area contributed by atoms with Gasteiger partial charge < -0.3 is 0 Å². The van der Waals surface area contributed by atoms with Crippen molar-refractivity contribution in [3.63, 3.8) is 0 Å². The fourth-order valence-electron chi connectivity index (χ4n) is 2.77. The largest absolute Gasteiger partial charge is 0.271 e. The molecule has 0 saturated carbocycles. The highest BCUT2D eigenvalue weighted by Crippen LogP contribution is 2.27. The first-order valence-corrected chi connectivity index (χ1v) is 7.80. The third-order valence-electron chi connectivity index (χ3n) is 3.25. The van der Waals surface area contributed by atoms with Crippen molar-refractivity contribution in [2.75, 3.05) is 0 Å².